The fraction of sp³-hybridized carbons (Fsp3) is 0.130. The molecule has 0 saturated carbocycles. The lowest BCUT2D eigenvalue weighted by molar-refractivity contribution is -0.111. The van der Waals surface area contributed by atoms with Gasteiger partial charge >= 0.3 is 5.97 Å². The largest absolute Gasteiger partial charge is 0.496 e. The van der Waals surface area contributed by atoms with E-state index in [9.17, 15) is 9.59 Å². The third-order valence-corrected chi connectivity index (χ3v) is 5.18. The molecule has 0 spiro atoms. The summed E-state index contributed by atoms with van der Waals surface area (Å²) in [6.45, 7) is 2.01. The Morgan fingerprint density at radius 2 is 1.79 bits per heavy atom. The van der Waals surface area contributed by atoms with Gasteiger partial charge in [-0.1, -0.05) is 48.5 Å². The van der Waals surface area contributed by atoms with Gasteiger partial charge in [0.25, 0.3) is 0 Å². The van der Waals surface area contributed by atoms with E-state index in [0.29, 0.717) is 16.3 Å². The Labute approximate surface area is 173 Å². The molecule has 148 valence electrons. The maximum atomic E-state index is 12.5. The monoisotopic (exact) mass is 407 g/mol. The van der Waals surface area contributed by atoms with Crippen LogP contribution in [0.25, 0.3) is 16.5 Å². The molecule has 0 aliphatic carbocycles. The number of benzene rings is 2. The molecule has 2 aromatic carbocycles. The van der Waals surface area contributed by atoms with Crippen LogP contribution in [-0.2, 0) is 9.53 Å². The first-order chi connectivity index (χ1) is 14.1. The van der Waals surface area contributed by atoms with Crippen LogP contribution < -0.4 is 10.1 Å². The zero-order valence-corrected chi connectivity index (χ0v) is 17.0. The molecule has 1 heterocycles. The summed E-state index contributed by atoms with van der Waals surface area (Å²) < 4.78 is 10.4. The number of carbonyl (C=O) groups excluding carboxylic acids is 2. The Kier molecular flexibility index (Phi) is 6.81. The minimum atomic E-state index is -0.463. The zero-order valence-electron chi connectivity index (χ0n) is 16.2. The Hall–Kier alpha value is -3.38. The number of para-hydroxylation sites is 1. The number of hydrogen-bond donors (Lipinski definition) is 1. The number of esters is 1. The minimum absolute atomic E-state index is 0.260. The molecule has 0 radical (unpaired) electrons. The maximum absolute atomic E-state index is 12.5. The van der Waals surface area contributed by atoms with Crippen LogP contribution in [0.15, 0.2) is 66.7 Å². The number of carbonyl (C=O) groups is 2. The van der Waals surface area contributed by atoms with Crippen molar-refractivity contribution in [1.82, 2.24) is 0 Å². The SMILES string of the molecule is CCOC(=O)c1cc(-c2ccccc2)sc1NC(=O)C=Cc1ccccc1OC. The molecule has 1 aromatic heterocycles. The summed E-state index contributed by atoms with van der Waals surface area (Å²) in [6, 6.07) is 18.8. The molecule has 0 atom stereocenters. The van der Waals surface area contributed by atoms with Crippen LogP contribution in [0.5, 0.6) is 5.75 Å². The molecule has 0 unspecified atom stereocenters. The number of methoxy groups -OCH3 is 1. The number of hydrogen-bond acceptors (Lipinski definition) is 5. The van der Waals surface area contributed by atoms with Crippen molar-refractivity contribution in [2.75, 3.05) is 19.0 Å². The quantitative estimate of drug-likeness (QED) is 0.429. The second-order valence-electron chi connectivity index (χ2n) is 6.00. The van der Waals surface area contributed by atoms with E-state index >= 15 is 0 Å². The summed E-state index contributed by atoms with van der Waals surface area (Å²) in [4.78, 5) is 25.7. The smallest absolute Gasteiger partial charge is 0.341 e. The normalized spacial score (nSPS) is 10.7. The fourth-order valence-corrected chi connectivity index (χ4v) is 3.77. The molecule has 1 N–H and O–H groups in total. The first kappa shape index (κ1) is 20.4. The molecule has 0 aliphatic rings. The van der Waals surface area contributed by atoms with Crippen molar-refractivity contribution < 1.29 is 19.1 Å². The second-order valence-corrected chi connectivity index (χ2v) is 7.06. The molecular formula is C23H21NO4S. The second kappa shape index (κ2) is 9.71. The predicted molar refractivity (Wildman–Crippen MR) is 116 cm³/mol. The Morgan fingerprint density at radius 1 is 1.07 bits per heavy atom. The highest BCUT2D eigenvalue weighted by molar-refractivity contribution is 7.20. The highest BCUT2D eigenvalue weighted by Gasteiger charge is 2.19. The molecule has 5 nitrogen and oxygen atoms in total. The highest BCUT2D eigenvalue weighted by atomic mass is 32.1. The average Bonchev–Trinajstić information content (AvgIpc) is 3.17. The maximum Gasteiger partial charge on any atom is 0.341 e. The number of thiophene rings is 1. The van der Waals surface area contributed by atoms with Gasteiger partial charge in [0, 0.05) is 16.5 Å². The van der Waals surface area contributed by atoms with E-state index < -0.39 is 5.97 Å². The Balaban J connectivity index is 1.85. The standard InChI is InChI=1S/C23H21NO4S/c1-3-28-23(26)18-15-20(17-10-5-4-6-11-17)29-22(18)24-21(25)14-13-16-9-7-8-12-19(16)27-2/h4-15H,3H2,1-2H3,(H,24,25). The van der Waals surface area contributed by atoms with E-state index in [0.717, 1.165) is 16.0 Å². The molecular weight excluding hydrogens is 386 g/mol. The minimum Gasteiger partial charge on any atom is -0.496 e. The highest BCUT2D eigenvalue weighted by Crippen LogP contribution is 2.36. The van der Waals surface area contributed by atoms with Gasteiger partial charge < -0.3 is 14.8 Å². The van der Waals surface area contributed by atoms with E-state index in [-0.39, 0.29) is 12.5 Å². The first-order valence-electron chi connectivity index (χ1n) is 9.10. The zero-order chi connectivity index (χ0) is 20.6. The van der Waals surface area contributed by atoms with Crippen molar-refractivity contribution in [3.05, 3.63) is 77.9 Å². The fourth-order valence-electron chi connectivity index (χ4n) is 2.71. The summed E-state index contributed by atoms with van der Waals surface area (Å²) in [5, 5.41) is 3.25. The van der Waals surface area contributed by atoms with Crippen molar-refractivity contribution >= 4 is 34.3 Å². The average molecular weight is 407 g/mol. The van der Waals surface area contributed by atoms with Crippen molar-refractivity contribution in [2.24, 2.45) is 0 Å². The number of rotatable bonds is 7. The molecule has 3 aromatic rings. The van der Waals surface area contributed by atoms with Gasteiger partial charge in [0.2, 0.25) is 5.91 Å². The van der Waals surface area contributed by atoms with E-state index in [2.05, 4.69) is 5.32 Å². The molecule has 3 rings (SSSR count). The van der Waals surface area contributed by atoms with Crippen molar-refractivity contribution in [2.45, 2.75) is 6.92 Å². The summed E-state index contributed by atoms with van der Waals surface area (Å²) >= 11 is 1.33. The molecule has 0 bridgehead atoms. The van der Waals surface area contributed by atoms with Gasteiger partial charge in [-0.2, -0.15) is 0 Å². The van der Waals surface area contributed by atoms with E-state index in [1.165, 1.54) is 17.4 Å². The van der Waals surface area contributed by atoms with Gasteiger partial charge in [-0.25, -0.2) is 4.79 Å². The predicted octanol–water partition coefficient (Wildman–Crippen LogP) is 5.25. The van der Waals surface area contributed by atoms with Crippen LogP contribution in [0.4, 0.5) is 5.00 Å². The topological polar surface area (TPSA) is 64.6 Å². The molecule has 29 heavy (non-hydrogen) atoms. The lowest BCUT2D eigenvalue weighted by Crippen LogP contribution is -2.11. The number of anilines is 1. The van der Waals surface area contributed by atoms with E-state index in [1.54, 1.807) is 26.2 Å². The number of ether oxygens (including phenoxy) is 2. The summed E-state index contributed by atoms with van der Waals surface area (Å²) in [6.07, 6.45) is 3.08. The van der Waals surface area contributed by atoms with Crippen LogP contribution in [0, 0.1) is 0 Å². The molecule has 0 saturated heterocycles. The Bertz CT molecular complexity index is 1020. The van der Waals surface area contributed by atoms with Crippen LogP contribution in [0.3, 0.4) is 0 Å². The number of nitrogens with one attached hydrogen (secondary N) is 1. The van der Waals surface area contributed by atoms with Crippen LogP contribution in [0.1, 0.15) is 22.8 Å². The number of amides is 1. The van der Waals surface area contributed by atoms with Crippen molar-refractivity contribution in [3.63, 3.8) is 0 Å². The van der Waals surface area contributed by atoms with Gasteiger partial charge in [0.15, 0.2) is 0 Å². The van der Waals surface area contributed by atoms with Gasteiger partial charge in [-0.05, 0) is 30.7 Å². The van der Waals surface area contributed by atoms with E-state index in [1.807, 2.05) is 54.6 Å². The Morgan fingerprint density at radius 3 is 2.52 bits per heavy atom. The molecule has 0 aliphatic heterocycles. The lowest BCUT2D eigenvalue weighted by Gasteiger charge is -2.05. The molecule has 6 heteroatoms. The summed E-state index contributed by atoms with van der Waals surface area (Å²) in [5.41, 5.74) is 2.09. The van der Waals surface area contributed by atoms with Gasteiger partial charge in [-0.3, -0.25) is 4.79 Å². The molecule has 1 amide bonds. The van der Waals surface area contributed by atoms with Crippen LogP contribution >= 0.6 is 11.3 Å². The van der Waals surface area contributed by atoms with E-state index in [4.69, 9.17) is 9.47 Å². The first-order valence-corrected chi connectivity index (χ1v) is 9.92. The molecule has 0 fully saturated rings. The lowest BCUT2D eigenvalue weighted by atomic mass is 10.1. The van der Waals surface area contributed by atoms with Gasteiger partial charge in [-0.15, -0.1) is 11.3 Å². The van der Waals surface area contributed by atoms with Crippen LogP contribution in [0.2, 0.25) is 0 Å². The third-order valence-electron chi connectivity index (χ3n) is 4.08. The summed E-state index contributed by atoms with van der Waals surface area (Å²) in [5.74, 6) is -0.135. The summed E-state index contributed by atoms with van der Waals surface area (Å²) in [7, 11) is 1.58. The van der Waals surface area contributed by atoms with Crippen molar-refractivity contribution in [3.8, 4) is 16.2 Å². The van der Waals surface area contributed by atoms with Crippen molar-refractivity contribution in [1.29, 1.82) is 0 Å². The third kappa shape index (κ3) is 5.12. The van der Waals surface area contributed by atoms with Gasteiger partial charge in [0.05, 0.1) is 19.3 Å². The van der Waals surface area contributed by atoms with Gasteiger partial charge in [0.1, 0.15) is 10.8 Å². The van der Waals surface area contributed by atoms with Crippen LogP contribution in [-0.4, -0.2) is 25.6 Å².